The van der Waals surface area contributed by atoms with E-state index in [1.807, 2.05) is 13.0 Å². The predicted molar refractivity (Wildman–Crippen MR) is 77.5 cm³/mol. The largest absolute Gasteiger partial charge is 0.481 e. The molecule has 1 saturated heterocycles. The molecule has 1 heterocycles. The van der Waals surface area contributed by atoms with Gasteiger partial charge < -0.3 is 5.11 Å². The molecule has 0 spiro atoms. The van der Waals surface area contributed by atoms with Crippen LogP contribution in [-0.4, -0.2) is 28.6 Å². The summed E-state index contributed by atoms with van der Waals surface area (Å²) in [7, 11) is 0. The summed E-state index contributed by atoms with van der Waals surface area (Å²) in [5, 5.41) is 9.11. The fourth-order valence-corrected chi connectivity index (χ4v) is 3.10. The second kappa shape index (κ2) is 5.72. The van der Waals surface area contributed by atoms with E-state index in [-0.39, 0.29) is 12.0 Å². The zero-order chi connectivity index (χ0) is 13.3. The zero-order valence-corrected chi connectivity index (χ0v) is 13.2. The number of aliphatic carboxylic acids is 1. The summed E-state index contributed by atoms with van der Waals surface area (Å²) >= 11 is 6.93. The Hall–Kier alpha value is -0.390. The van der Waals surface area contributed by atoms with Crippen molar-refractivity contribution >= 4 is 37.8 Å². The number of nitrogens with zero attached hydrogens (tertiary/aromatic N) is 1. The molecule has 0 aromatic heterocycles. The van der Waals surface area contributed by atoms with E-state index in [4.69, 9.17) is 5.11 Å². The van der Waals surface area contributed by atoms with Crippen molar-refractivity contribution in [2.75, 3.05) is 6.54 Å². The molecule has 18 heavy (non-hydrogen) atoms. The van der Waals surface area contributed by atoms with Gasteiger partial charge in [-0.3, -0.25) is 9.69 Å². The first-order chi connectivity index (χ1) is 8.49. The van der Waals surface area contributed by atoms with Crippen LogP contribution in [0.15, 0.2) is 27.1 Å². The van der Waals surface area contributed by atoms with E-state index in [2.05, 4.69) is 48.9 Å². The third-order valence-corrected chi connectivity index (χ3v) is 5.45. The van der Waals surface area contributed by atoms with Gasteiger partial charge in [0.25, 0.3) is 0 Å². The van der Waals surface area contributed by atoms with Gasteiger partial charge in [0.1, 0.15) is 0 Å². The molecule has 3 nitrogen and oxygen atoms in total. The third-order valence-electron chi connectivity index (χ3n) is 3.57. The van der Waals surface area contributed by atoms with E-state index in [1.165, 1.54) is 5.56 Å². The summed E-state index contributed by atoms with van der Waals surface area (Å²) in [4.78, 5) is 13.3. The maximum atomic E-state index is 11.1. The lowest BCUT2D eigenvalue weighted by atomic mass is 10.0. The Morgan fingerprint density at radius 1 is 1.44 bits per heavy atom. The highest BCUT2D eigenvalue weighted by Gasteiger charge is 2.35. The fraction of sp³-hybridized carbons (Fsp3) is 0.462. The van der Waals surface area contributed by atoms with Crippen molar-refractivity contribution in [3.05, 3.63) is 32.7 Å². The molecule has 1 N–H and O–H groups in total. The highest BCUT2D eigenvalue weighted by Crippen LogP contribution is 2.28. The number of carboxylic acid groups (broad SMARTS) is 1. The van der Waals surface area contributed by atoms with E-state index in [1.54, 1.807) is 0 Å². The number of carbonyl (C=O) groups is 1. The summed E-state index contributed by atoms with van der Waals surface area (Å²) in [6.07, 6.45) is 0.744. The summed E-state index contributed by atoms with van der Waals surface area (Å²) in [6, 6.07) is 6.25. The minimum Gasteiger partial charge on any atom is -0.481 e. The van der Waals surface area contributed by atoms with Crippen LogP contribution in [0.3, 0.4) is 0 Å². The van der Waals surface area contributed by atoms with Gasteiger partial charge in [-0.15, -0.1) is 0 Å². The van der Waals surface area contributed by atoms with Gasteiger partial charge in [0.15, 0.2) is 0 Å². The van der Waals surface area contributed by atoms with Crippen molar-refractivity contribution in [2.45, 2.75) is 25.9 Å². The lowest BCUT2D eigenvalue weighted by Crippen LogP contribution is -2.32. The van der Waals surface area contributed by atoms with Crippen LogP contribution >= 0.6 is 31.9 Å². The quantitative estimate of drug-likeness (QED) is 0.877. The molecule has 98 valence electrons. The molecule has 5 heteroatoms. The number of benzene rings is 1. The van der Waals surface area contributed by atoms with Gasteiger partial charge in [-0.05, 0) is 69.4 Å². The summed E-state index contributed by atoms with van der Waals surface area (Å²) in [5.74, 6) is -0.911. The second-order valence-electron chi connectivity index (χ2n) is 4.69. The van der Waals surface area contributed by atoms with Crippen LogP contribution < -0.4 is 0 Å². The number of hydrogen-bond donors (Lipinski definition) is 1. The Bertz CT molecular complexity index is 464. The minimum atomic E-state index is -0.679. The lowest BCUT2D eigenvalue weighted by molar-refractivity contribution is -0.142. The van der Waals surface area contributed by atoms with Gasteiger partial charge in [-0.2, -0.15) is 0 Å². The molecular weight excluding hydrogens is 362 g/mol. The molecule has 2 atom stereocenters. The van der Waals surface area contributed by atoms with Gasteiger partial charge in [-0.25, -0.2) is 0 Å². The highest BCUT2D eigenvalue weighted by molar-refractivity contribution is 9.13. The maximum Gasteiger partial charge on any atom is 0.308 e. The predicted octanol–water partition coefficient (Wildman–Crippen LogP) is 3.51. The number of rotatable bonds is 3. The molecule has 0 amide bonds. The average molecular weight is 377 g/mol. The standard InChI is InChI=1S/C13H15Br2NO2/c1-8-10(13(17)18)4-5-16(8)7-9-2-3-11(14)12(15)6-9/h2-3,6,8,10H,4-5,7H2,1H3,(H,17,18). The molecule has 0 bridgehead atoms. The number of hydrogen-bond acceptors (Lipinski definition) is 2. The zero-order valence-electron chi connectivity index (χ0n) is 10.1. The summed E-state index contributed by atoms with van der Waals surface area (Å²) in [5.41, 5.74) is 1.20. The van der Waals surface area contributed by atoms with Crippen LogP contribution in [0.4, 0.5) is 0 Å². The molecule has 0 aliphatic carbocycles. The molecular formula is C13H15Br2NO2. The van der Waals surface area contributed by atoms with Crippen LogP contribution in [0, 0.1) is 5.92 Å². The molecule has 1 aliphatic heterocycles. The Morgan fingerprint density at radius 3 is 2.72 bits per heavy atom. The second-order valence-corrected chi connectivity index (χ2v) is 6.40. The first kappa shape index (κ1) is 14.0. The smallest absolute Gasteiger partial charge is 0.308 e. The number of halogens is 2. The number of likely N-dealkylation sites (tertiary alicyclic amines) is 1. The first-order valence-electron chi connectivity index (χ1n) is 5.90. The van der Waals surface area contributed by atoms with Crippen LogP contribution in [0.1, 0.15) is 18.9 Å². The van der Waals surface area contributed by atoms with E-state index >= 15 is 0 Å². The van der Waals surface area contributed by atoms with Crippen molar-refractivity contribution in [3.8, 4) is 0 Å². The lowest BCUT2D eigenvalue weighted by Gasteiger charge is -2.23. The van der Waals surface area contributed by atoms with Gasteiger partial charge in [0, 0.05) is 21.5 Å². The molecule has 2 rings (SSSR count). The Kier molecular flexibility index (Phi) is 4.45. The van der Waals surface area contributed by atoms with Crippen molar-refractivity contribution < 1.29 is 9.90 Å². The molecule has 1 aliphatic rings. The minimum absolute atomic E-state index is 0.102. The van der Waals surface area contributed by atoms with Gasteiger partial charge in [0.2, 0.25) is 0 Å². The maximum absolute atomic E-state index is 11.1. The number of carboxylic acids is 1. The van der Waals surface area contributed by atoms with Crippen molar-refractivity contribution in [1.29, 1.82) is 0 Å². The molecule has 0 saturated carbocycles. The van der Waals surface area contributed by atoms with E-state index in [0.29, 0.717) is 0 Å². The molecule has 0 radical (unpaired) electrons. The van der Waals surface area contributed by atoms with E-state index in [0.717, 1.165) is 28.5 Å². The molecule has 1 aromatic carbocycles. The molecule has 2 unspecified atom stereocenters. The topological polar surface area (TPSA) is 40.5 Å². The van der Waals surface area contributed by atoms with Crippen LogP contribution in [-0.2, 0) is 11.3 Å². The van der Waals surface area contributed by atoms with Crippen molar-refractivity contribution in [2.24, 2.45) is 5.92 Å². The average Bonchev–Trinajstić information content (AvgIpc) is 2.66. The summed E-state index contributed by atoms with van der Waals surface area (Å²) < 4.78 is 2.06. The Balaban J connectivity index is 2.06. The Labute approximate surface area is 123 Å². The molecule has 1 aromatic rings. The van der Waals surface area contributed by atoms with Crippen LogP contribution in [0.25, 0.3) is 0 Å². The van der Waals surface area contributed by atoms with Crippen LogP contribution in [0.5, 0.6) is 0 Å². The molecule has 1 fully saturated rings. The van der Waals surface area contributed by atoms with Gasteiger partial charge >= 0.3 is 5.97 Å². The SMILES string of the molecule is CC1C(C(=O)O)CCN1Cc1ccc(Br)c(Br)c1. The van der Waals surface area contributed by atoms with Crippen molar-refractivity contribution in [3.63, 3.8) is 0 Å². The van der Waals surface area contributed by atoms with Gasteiger partial charge in [0.05, 0.1) is 5.92 Å². The normalized spacial score (nSPS) is 24.4. The first-order valence-corrected chi connectivity index (χ1v) is 7.48. The fourth-order valence-electron chi connectivity index (χ4n) is 2.43. The highest BCUT2D eigenvalue weighted by atomic mass is 79.9. The van der Waals surface area contributed by atoms with Crippen LogP contribution in [0.2, 0.25) is 0 Å². The Morgan fingerprint density at radius 2 is 2.17 bits per heavy atom. The van der Waals surface area contributed by atoms with E-state index < -0.39 is 5.97 Å². The van der Waals surface area contributed by atoms with Crippen molar-refractivity contribution in [1.82, 2.24) is 4.90 Å². The van der Waals surface area contributed by atoms with Gasteiger partial charge in [-0.1, -0.05) is 6.07 Å². The van der Waals surface area contributed by atoms with E-state index in [9.17, 15) is 4.79 Å². The third kappa shape index (κ3) is 2.95. The summed E-state index contributed by atoms with van der Waals surface area (Å²) in [6.45, 7) is 3.66. The monoisotopic (exact) mass is 375 g/mol.